The van der Waals surface area contributed by atoms with Gasteiger partial charge in [0.25, 0.3) is 12.3 Å². The number of aromatic nitrogens is 1. The number of rotatable bonds is 8. The normalized spacial score (nSPS) is 15.1. The minimum Gasteiger partial charge on any atom is -0.496 e. The Bertz CT molecular complexity index is 1460. The van der Waals surface area contributed by atoms with Crippen LogP contribution in [0.25, 0.3) is 6.08 Å². The fraction of sp³-hybridized carbons (Fsp3) is 0.214. The number of nitrogens with one attached hydrogen (secondary N) is 1. The van der Waals surface area contributed by atoms with Crippen molar-refractivity contribution < 1.29 is 18.3 Å². The van der Waals surface area contributed by atoms with Crippen LogP contribution in [0, 0.1) is 18.3 Å². The summed E-state index contributed by atoms with van der Waals surface area (Å²) in [6.45, 7) is 3.53. The van der Waals surface area contributed by atoms with Gasteiger partial charge < -0.3 is 10.1 Å². The van der Waals surface area contributed by atoms with Gasteiger partial charge in [-0.1, -0.05) is 36.4 Å². The zero-order valence-corrected chi connectivity index (χ0v) is 22.5. The molecule has 0 saturated carbocycles. The molecule has 2 heterocycles. The molecule has 2 aromatic carbocycles. The summed E-state index contributed by atoms with van der Waals surface area (Å²) in [5, 5.41) is 13.1. The van der Waals surface area contributed by atoms with E-state index in [0.29, 0.717) is 27.9 Å². The summed E-state index contributed by atoms with van der Waals surface area (Å²) in [5.74, 6) is 0.658. The van der Waals surface area contributed by atoms with E-state index < -0.39 is 6.43 Å². The van der Waals surface area contributed by atoms with Crippen LogP contribution in [-0.2, 0) is 10.5 Å². The molecule has 1 amide bonds. The molecule has 194 valence electrons. The number of thiocarbonyl (C=S) groups is 1. The van der Waals surface area contributed by atoms with Crippen molar-refractivity contribution in [1.82, 2.24) is 15.2 Å². The average molecular weight is 551 g/mol. The van der Waals surface area contributed by atoms with E-state index in [-0.39, 0.29) is 28.2 Å². The van der Waals surface area contributed by atoms with Crippen LogP contribution in [0.2, 0.25) is 0 Å². The SMILES string of the molecule is COc1ccc(/C=C2\NC(=S)N(C(C)c3ccccc3)C2=O)cc1CSc1nc(C(F)F)cc(C)c1C#N. The number of carbonyl (C=O) groups excluding carboxylic acids is 1. The van der Waals surface area contributed by atoms with E-state index in [1.165, 1.54) is 24.9 Å². The van der Waals surface area contributed by atoms with Crippen LogP contribution in [0.5, 0.6) is 5.75 Å². The molecule has 1 aromatic heterocycles. The van der Waals surface area contributed by atoms with Gasteiger partial charge in [0.1, 0.15) is 28.2 Å². The standard InChI is InChI=1S/C28H24F2N4O2S2/c1-16-11-22(25(29)30)32-26(21(16)14-31)38-15-20-12-18(9-10-24(20)36-3)13-23-27(35)34(28(37)33-23)17(2)19-7-5-4-6-8-19/h4-13,17,25H,15H2,1-3H3,(H,33,37)/b23-13-. The van der Waals surface area contributed by atoms with Gasteiger partial charge in [0.15, 0.2) is 5.11 Å². The summed E-state index contributed by atoms with van der Waals surface area (Å²) in [4.78, 5) is 18.8. The third-order valence-corrected chi connectivity index (χ3v) is 7.42. The Morgan fingerprint density at radius 1 is 1.24 bits per heavy atom. The molecule has 38 heavy (non-hydrogen) atoms. The Kier molecular flexibility index (Phi) is 8.39. The summed E-state index contributed by atoms with van der Waals surface area (Å²) >= 11 is 6.63. The van der Waals surface area contributed by atoms with Gasteiger partial charge in [-0.2, -0.15) is 5.26 Å². The maximum Gasteiger partial charge on any atom is 0.280 e. The second-order valence-corrected chi connectivity index (χ2v) is 9.92. The smallest absolute Gasteiger partial charge is 0.280 e. The molecule has 4 rings (SSSR count). The molecule has 1 aliphatic rings. The molecule has 3 aromatic rings. The number of hydrogen-bond donors (Lipinski definition) is 1. The van der Waals surface area contributed by atoms with Crippen molar-refractivity contribution in [3.05, 3.63) is 93.8 Å². The third kappa shape index (κ3) is 5.69. The molecule has 0 spiro atoms. The first-order valence-corrected chi connectivity index (χ1v) is 13.0. The maximum absolute atomic E-state index is 13.3. The Hall–Kier alpha value is -3.81. The Morgan fingerprint density at radius 3 is 2.63 bits per heavy atom. The van der Waals surface area contributed by atoms with Gasteiger partial charge in [0, 0.05) is 11.3 Å². The van der Waals surface area contributed by atoms with Crippen LogP contribution in [0.1, 0.15) is 52.9 Å². The molecule has 1 aliphatic heterocycles. The van der Waals surface area contributed by atoms with Gasteiger partial charge >= 0.3 is 0 Å². The number of aryl methyl sites for hydroxylation is 1. The average Bonchev–Trinajstić information content (AvgIpc) is 3.19. The molecule has 1 N–H and O–H groups in total. The fourth-order valence-corrected chi connectivity index (χ4v) is 5.51. The topological polar surface area (TPSA) is 78.2 Å². The van der Waals surface area contributed by atoms with E-state index in [9.17, 15) is 18.8 Å². The van der Waals surface area contributed by atoms with Gasteiger partial charge in [-0.25, -0.2) is 13.8 Å². The number of carbonyl (C=O) groups is 1. The zero-order chi connectivity index (χ0) is 27.4. The minimum absolute atomic E-state index is 0.233. The predicted molar refractivity (Wildman–Crippen MR) is 147 cm³/mol. The Labute approximate surface area is 229 Å². The molecule has 1 fully saturated rings. The van der Waals surface area contributed by atoms with Gasteiger partial charge in [0.2, 0.25) is 0 Å². The maximum atomic E-state index is 13.3. The number of nitrogens with zero attached hydrogens (tertiary/aromatic N) is 3. The lowest BCUT2D eigenvalue weighted by Crippen LogP contribution is -2.33. The van der Waals surface area contributed by atoms with E-state index in [2.05, 4.69) is 16.4 Å². The predicted octanol–water partition coefficient (Wildman–Crippen LogP) is 6.32. The van der Waals surface area contributed by atoms with Crippen LogP contribution in [0.15, 0.2) is 65.3 Å². The Morgan fingerprint density at radius 2 is 1.97 bits per heavy atom. The molecule has 1 unspecified atom stereocenters. The highest BCUT2D eigenvalue weighted by Gasteiger charge is 2.34. The van der Waals surface area contributed by atoms with Crippen molar-refractivity contribution in [3.63, 3.8) is 0 Å². The van der Waals surface area contributed by atoms with E-state index in [1.54, 1.807) is 24.0 Å². The lowest BCUT2D eigenvalue weighted by Gasteiger charge is -2.23. The first kappa shape index (κ1) is 27.2. The highest BCUT2D eigenvalue weighted by molar-refractivity contribution is 7.98. The van der Waals surface area contributed by atoms with Crippen molar-refractivity contribution in [2.24, 2.45) is 0 Å². The molecule has 0 bridgehead atoms. The van der Waals surface area contributed by atoms with Gasteiger partial charge in [0.05, 0.1) is 18.7 Å². The fourth-order valence-electron chi connectivity index (χ4n) is 4.12. The highest BCUT2D eigenvalue weighted by atomic mass is 32.2. The monoisotopic (exact) mass is 550 g/mol. The summed E-state index contributed by atoms with van der Waals surface area (Å²) in [6.07, 6.45) is -1.03. The number of benzene rings is 2. The van der Waals surface area contributed by atoms with Crippen molar-refractivity contribution in [2.45, 2.75) is 37.1 Å². The van der Waals surface area contributed by atoms with Crippen molar-refractivity contribution in [1.29, 1.82) is 5.26 Å². The number of ether oxygens (including phenoxy) is 1. The number of nitriles is 1. The molecular formula is C28H24F2N4O2S2. The number of amides is 1. The number of hydrogen-bond acceptors (Lipinski definition) is 6. The lowest BCUT2D eigenvalue weighted by molar-refractivity contribution is -0.123. The molecule has 1 atom stereocenters. The number of alkyl halides is 2. The first-order valence-electron chi connectivity index (χ1n) is 11.6. The quantitative estimate of drug-likeness (QED) is 0.200. The Balaban J connectivity index is 1.59. The van der Waals surface area contributed by atoms with Crippen molar-refractivity contribution in [3.8, 4) is 11.8 Å². The number of thioether (sulfide) groups is 1. The van der Waals surface area contributed by atoms with E-state index >= 15 is 0 Å². The second kappa shape index (κ2) is 11.7. The van der Waals surface area contributed by atoms with Gasteiger partial charge in [-0.05, 0) is 67.0 Å². The van der Waals surface area contributed by atoms with Crippen LogP contribution in [0.3, 0.4) is 0 Å². The number of methoxy groups -OCH3 is 1. The molecular weight excluding hydrogens is 526 g/mol. The van der Waals surface area contributed by atoms with Gasteiger partial charge in [-0.3, -0.25) is 9.69 Å². The van der Waals surface area contributed by atoms with Crippen LogP contribution in [-0.4, -0.2) is 28.0 Å². The lowest BCUT2D eigenvalue weighted by atomic mass is 10.1. The minimum atomic E-state index is -2.74. The van der Waals surface area contributed by atoms with Gasteiger partial charge in [-0.15, -0.1) is 11.8 Å². The number of pyridine rings is 1. The largest absolute Gasteiger partial charge is 0.496 e. The van der Waals surface area contributed by atoms with E-state index in [0.717, 1.165) is 16.7 Å². The molecule has 0 radical (unpaired) electrons. The molecule has 6 nitrogen and oxygen atoms in total. The van der Waals surface area contributed by atoms with Crippen molar-refractivity contribution in [2.75, 3.05) is 7.11 Å². The molecule has 1 saturated heterocycles. The van der Waals surface area contributed by atoms with E-state index in [4.69, 9.17) is 17.0 Å². The van der Waals surface area contributed by atoms with Crippen LogP contribution in [0.4, 0.5) is 8.78 Å². The summed E-state index contributed by atoms with van der Waals surface area (Å²) in [6, 6.07) is 18.1. The highest BCUT2D eigenvalue weighted by Crippen LogP contribution is 2.33. The summed E-state index contributed by atoms with van der Waals surface area (Å²) in [5.41, 5.74) is 3.12. The third-order valence-electron chi connectivity index (χ3n) is 6.10. The molecule has 10 heteroatoms. The number of halogens is 2. The summed E-state index contributed by atoms with van der Waals surface area (Å²) < 4.78 is 32.1. The zero-order valence-electron chi connectivity index (χ0n) is 20.9. The van der Waals surface area contributed by atoms with Crippen LogP contribution < -0.4 is 10.1 Å². The molecule has 0 aliphatic carbocycles. The van der Waals surface area contributed by atoms with Crippen LogP contribution >= 0.6 is 24.0 Å². The second-order valence-electron chi connectivity index (χ2n) is 8.57. The van der Waals surface area contributed by atoms with E-state index in [1.807, 2.05) is 49.4 Å². The van der Waals surface area contributed by atoms with Crippen molar-refractivity contribution >= 4 is 41.1 Å². The summed E-state index contributed by atoms with van der Waals surface area (Å²) in [7, 11) is 1.53. The first-order chi connectivity index (χ1) is 18.2.